The standard InChI is InChI=1S/C13H19N3O8/c1-22-4-5-23-11(20)13(10(19)9(18)7(6-17)24-13)16-3-2-8(14)15-12(16)21/h2-3,7,9-10,17-19H,4-6H2,1H3,(H2,14,15,21)/t7-,9-,10-,13+/m1/s1. The maximum Gasteiger partial charge on any atom is 0.363 e. The minimum Gasteiger partial charge on any atom is -0.460 e. The number of ether oxygens (including phenoxy) is 3. The van der Waals surface area contributed by atoms with Crippen LogP contribution >= 0.6 is 0 Å². The fraction of sp³-hybridized carbons (Fsp3) is 0.615. The normalized spacial score (nSPS) is 29.6. The second-order valence-corrected chi connectivity index (χ2v) is 5.10. The Kier molecular flexibility index (Phi) is 5.51. The minimum absolute atomic E-state index is 0.0682. The molecule has 1 aliphatic heterocycles. The third-order valence-electron chi connectivity index (χ3n) is 3.61. The van der Waals surface area contributed by atoms with Crippen molar-refractivity contribution in [3.05, 3.63) is 22.7 Å². The Morgan fingerprint density at radius 1 is 1.50 bits per heavy atom. The Morgan fingerprint density at radius 3 is 2.75 bits per heavy atom. The minimum atomic E-state index is -2.40. The van der Waals surface area contributed by atoms with Gasteiger partial charge < -0.3 is 35.3 Å². The molecule has 2 rings (SSSR count). The van der Waals surface area contributed by atoms with Crippen molar-refractivity contribution >= 4 is 11.8 Å². The zero-order valence-corrected chi connectivity index (χ0v) is 12.9. The molecule has 1 aliphatic rings. The molecule has 0 aromatic carbocycles. The molecule has 1 aromatic rings. The molecule has 11 heteroatoms. The lowest BCUT2D eigenvalue weighted by molar-refractivity contribution is -0.203. The molecule has 0 bridgehead atoms. The van der Waals surface area contributed by atoms with E-state index in [9.17, 15) is 24.9 Å². The van der Waals surface area contributed by atoms with Crippen LogP contribution in [0.2, 0.25) is 0 Å². The van der Waals surface area contributed by atoms with Gasteiger partial charge in [0.15, 0.2) is 0 Å². The fourth-order valence-corrected chi connectivity index (χ4v) is 2.41. The molecule has 0 radical (unpaired) electrons. The average molecular weight is 345 g/mol. The van der Waals surface area contributed by atoms with Gasteiger partial charge in [-0.25, -0.2) is 9.59 Å². The van der Waals surface area contributed by atoms with Gasteiger partial charge in [0.1, 0.15) is 30.7 Å². The number of esters is 1. The van der Waals surface area contributed by atoms with Crippen molar-refractivity contribution in [2.24, 2.45) is 0 Å². The highest BCUT2D eigenvalue weighted by Crippen LogP contribution is 2.36. The van der Waals surface area contributed by atoms with E-state index in [-0.39, 0.29) is 19.0 Å². The second kappa shape index (κ2) is 7.23. The Morgan fingerprint density at radius 2 is 2.21 bits per heavy atom. The van der Waals surface area contributed by atoms with Crippen LogP contribution in [0.25, 0.3) is 0 Å². The van der Waals surface area contributed by atoms with Gasteiger partial charge in [0.05, 0.1) is 13.2 Å². The molecule has 24 heavy (non-hydrogen) atoms. The van der Waals surface area contributed by atoms with Crippen molar-refractivity contribution in [1.29, 1.82) is 0 Å². The summed E-state index contributed by atoms with van der Waals surface area (Å²) < 4.78 is 15.7. The topological polar surface area (TPSA) is 166 Å². The van der Waals surface area contributed by atoms with Crippen LogP contribution in [0.15, 0.2) is 17.1 Å². The van der Waals surface area contributed by atoms with Crippen LogP contribution in [0.4, 0.5) is 5.82 Å². The fourth-order valence-electron chi connectivity index (χ4n) is 2.41. The average Bonchev–Trinajstić information content (AvgIpc) is 2.80. The molecule has 0 spiro atoms. The summed E-state index contributed by atoms with van der Waals surface area (Å²) >= 11 is 0. The molecule has 11 nitrogen and oxygen atoms in total. The number of methoxy groups -OCH3 is 1. The van der Waals surface area contributed by atoms with Gasteiger partial charge in [-0.3, -0.25) is 4.57 Å². The lowest BCUT2D eigenvalue weighted by Gasteiger charge is -2.31. The van der Waals surface area contributed by atoms with Gasteiger partial charge in [-0.2, -0.15) is 4.98 Å². The Labute approximate surface area is 136 Å². The van der Waals surface area contributed by atoms with Crippen LogP contribution < -0.4 is 11.4 Å². The van der Waals surface area contributed by atoms with E-state index in [1.807, 2.05) is 0 Å². The van der Waals surface area contributed by atoms with Crippen LogP contribution in [0.3, 0.4) is 0 Å². The summed E-state index contributed by atoms with van der Waals surface area (Å²) in [5.41, 5.74) is 2.01. The van der Waals surface area contributed by atoms with Crippen molar-refractivity contribution in [3.8, 4) is 0 Å². The molecule has 1 saturated heterocycles. The Balaban J connectivity index is 2.50. The number of aliphatic hydroxyl groups excluding tert-OH is 3. The molecule has 1 fully saturated rings. The van der Waals surface area contributed by atoms with Gasteiger partial charge in [0.2, 0.25) is 0 Å². The summed E-state index contributed by atoms with van der Waals surface area (Å²) in [6.45, 7) is -0.800. The number of nitrogen functional groups attached to an aromatic ring is 1. The predicted molar refractivity (Wildman–Crippen MR) is 77.7 cm³/mol. The van der Waals surface area contributed by atoms with Gasteiger partial charge in [-0.1, -0.05) is 0 Å². The molecule has 0 aliphatic carbocycles. The number of rotatable bonds is 6. The van der Waals surface area contributed by atoms with Crippen molar-refractivity contribution in [2.45, 2.75) is 24.0 Å². The molecule has 134 valence electrons. The monoisotopic (exact) mass is 345 g/mol. The van der Waals surface area contributed by atoms with Gasteiger partial charge in [-0.15, -0.1) is 0 Å². The summed E-state index contributed by atoms with van der Waals surface area (Å²) in [4.78, 5) is 28.1. The summed E-state index contributed by atoms with van der Waals surface area (Å²) in [6, 6.07) is 1.21. The number of nitrogens with zero attached hydrogens (tertiary/aromatic N) is 2. The molecule has 0 unspecified atom stereocenters. The Bertz CT molecular complexity index is 650. The number of hydrogen-bond donors (Lipinski definition) is 4. The SMILES string of the molecule is COCCOC(=O)[C@@]1(n2ccc(N)nc2=O)O[C@H](CO)[C@@H](O)[C@H]1O. The maximum atomic E-state index is 12.5. The lowest BCUT2D eigenvalue weighted by atomic mass is 10.0. The highest BCUT2D eigenvalue weighted by atomic mass is 16.6. The smallest absolute Gasteiger partial charge is 0.363 e. The number of hydrogen-bond acceptors (Lipinski definition) is 10. The molecule has 4 atom stereocenters. The van der Waals surface area contributed by atoms with Crippen LogP contribution in [0.1, 0.15) is 0 Å². The van der Waals surface area contributed by atoms with E-state index < -0.39 is 42.3 Å². The third-order valence-corrected chi connectivity index (χ3v) is 3.61. The second-order valence-electron chi connectivity index (χ2n) is 5.10. The van der Waals surface area contributed by atoms with E-state index in [1.54, 1.807) is 0 Å². The van der Waals surface area contributed by atoms with Gasteiger partial charge >= 0.3 is 11.7 Å². The van der Waals surface area contributed by atoms with E-state index in [1.165, 1.54) is 13.2 Å². The third kappa shape index (κ3) is 2.99. The summed E-state index contributed by atoms with van der Waals surface area (Å²) in [7, 11) is 1.39. The van der Waals surface area contributed by atoms with Crippen molar-refractivity contribution in [2.75, 3.05) is 32.7 Å². The zero-order chi connectivity index (χ0) is 17.9. The zero-order valence-electron chi connectivity index (χ0n) is 12.9. The molecule has 2 heterocycles. The highest BCUT2D eigenvalue weighted by molar-refractivity contribution is 5.78. The van der Waals surface area contributed by atoms with Crippen LogP contribution in [-0.2, 0) is 24.7 Å². The first-order valence-electron chi connectivity index (χ1n) is 7.05. The summed E-state index contributed by atoms with van der Waals surface area (Å²) in [5.74, 6) is -1.25. The maximum absolute atomic E-state index is 12.5. The Hall–Kier alpha value is -2.05. The van der Waals surface area contributed by atoms with Crippen molar-refractivity contribution in [3.63, 3.8) is 0 Å². The summed E-state index contributed by atoms with van der Waals surface area (Å²) in [6.07, 6.45) is -3.74. The van der Waals surface area contributed by atoms with E-state index in [0.717, 1.165) is 6.20 Å². The first-order valence-corrected chi connectivity index (χ1v) is 7.05. The van der Waals surface area contributed by atoms with Crippen molar-refractivity contribution < 1.29 is 34.3 Å². The van der Waals surface area contributed by atoms with Gasteiger partial charge in [0.25, 0.3) is 5.72 Å². The quantitative estimate of drug-likeness (QED) is 0.304. The highest BCUT2D eigenvalue weighted by Gasteiger charge is 2.62. The number of aromatic nitrogens is 2. The molecule has 5 N–H and O–H groups in total. The molecular weight excluding hydrogens is 326 g/mol. The number of carbonyl (C=O) groups excluding carboxylic acids is 1. The molecular formula is C13H19N3O8. The predicted octanol–water partition coefficient (Wildman–Crippen LogP) is -3.22. The van der Waals surface area contributed by atoms with Gasteiger partial charge in [-0.05, 0) is 6.07 Å². The van der Waals surface area contributed by atoms with E-state index in [2.05, 4.69) is 4.98 Å². The largest absolute Gasteiger partial charge is 0.460 e. The van der Waals surface area contributed by atoms with Gasteiger partial charge in [0, 0.05) is 13.3 Å². The molecule has 1 aromatic heterocycles. The number of carbonyl (C=O) groups is 1. The lowest BCUT2D eigenvalue weighted by Crippen LogP contribution is -2.56. The first-order chi connectivity index (χ1) is 11.4. The van der Waals surface area contributed by atoms with Crippen LogP contribution in [0.5, 0.6) is 0 Å². The van der Waals surface area contributed by atoms with E-state index in [4.69, 9.17) is 19.9 Å². The summed E-state index contributed by atoms with van der Waals surface area (Å²) in [5, 5.41) is 29.6. The van der Waals surface area contributed by atoms with E-state index >= 15 is 0 Å². The molecule has 0 saturated carbocycles. The molecule has 0 amide bonds. The first kappa shape index (κ1) is 18.3. The van der Waals surface area contributed by atoms with Crippen LogP contribution in [0, 0.1) is 0 Å². The number of aliphatic hydroxyl groups is 3. The number of nitrogens with two attached hydrogens (primary N) is 1. The number of anilines is 1. The van der Waals surface area contributed by atoms with E-state index in [0.29, 0.717) is 4.57 Å². The van der Waals surface area contributed by atoms with Crippen molar-refractivity contribution in [1.82, 2.24) is 9.55 Å². The van der Waals surface area contributed by atoms with Crippen LogP contribution in [-0.4, -0.2) is 76.1 Å².